The minimum absolute atomic E-state index is 0.112. The fraction of sp³-hybridized carbons (Fsp3) is 0.364. The van der Waals surface area contributed by atoms with Crippen LogP contribution in [0.5, 0.6) is 0 Å². The summed E-state index contributed by atoms with van der Waals surface area (Å²) in [5.41, 5.74) is 0.856. The highest BCUT2D eigenvalue weighted by Gasteiger charge is 2.32. The summed E-state index contributed by atoms with van der Waals surface area (Å²) in [4.78, 5) is 33.7. The van der Waals surface area contributed by atoms with Crippen LogP contribution in [0.15, 0.2) is 40.6 Å². The molecular weight excluding hydrogens is 477 g/mol. The van der Waals surface area contributed by atoms with E-state index in [2.05, 4.69) is 9.97 Å². The van der Waals surface area contributed by atoms with Crippen LogP contribution in [0.3, 0.4) is 0 Å². The number of amides is 1. The Hall–Kier alpha value is -2.59. The molecule has 0 radical (unpaired) electrons. The number of unbranched alkanes of at least 4 members (excludes halogenated alkanes) is 1. The number of carbonyl (C=O) groups excluding carboxylic acids is 2. The molecule has 11 heteroatoms. The number of rotatable bonds is 9. The lowest BCUT2D eigenvalue weighted by atomic mass is 10.1. The topological polar surface area (TPSA) is 68.1 Å². The van der Waals surface area contributed by atoms with E-state index in [1.54, 1.807) is 23.1 Å². The molecule has 0 saturated heterocycles. The number of alkyl halides is 3. The standard InChI is InChI=1S/C22H22ClF3N4O2S/c1-3-29(4-2)20(32)14-7-8-18-17(11-14)28-21(30(18)9-5-6-10-31)33-19-16(23)12-15(13-27-19)22(24,25)26/h7-8,10-13H,3-6,9H2,1-2H3. The second kappa shape index (κ2) is 10.6. The van der Waals surface area contributed by atoms with Crippen molar-refractivity contribution in [2.45, 2.75) is 49.6 Å². The lowest BCUT2D eigenvalue weighted by Gasteiger charge is -2.18. The predicted molar refractivity (Wildman–Crippen MR) is 121 cm³/mol. The van der Waals surface area contributed by atoms with Gasteiger partial charge in [0.25, 0.3) is 5.91 Å². The molecule has 0 aliphatic rings. The highest BCUT2D eigenvalue weighted by molar-refractivity contribution is 7.99. The average molecular weight is 499 g/mol. The summed E-state index contributed by atoms with van der Waals surface area (Å²) in [5, 5.41) is 0.493. The second-order valence-electron chi connectivity index (χ2n) is 7.15. The highest BCUT2D eigenvalue weighted by Crippen LogP contribution is 2.37. The van der Waals surface area contributed by atoms with Crippen LogP contribution in [0, 0.1) is 0 Å². The molecule has 0 fully saturated rings. The lowest BCUT2D eigenvalue weighted by molar-refractivity contribution is -0.137. The van der Waals surface area contributed by atoms with Gasteiger partial charge in [-0.2, -0.15) is 13.2 Å². The molecule has 3 rings (SSSR count). The summed E-state index contributed by atoms with van der Waals surface area (Å²) in [6.07, 6.45) is -2.09. The minimum Gasteiger partial charge on any atom is -0.339 e. The zero-order chi connectivity index (χ0) is 24.2. The maximum absolute atomic E-state index is 12.9. The van der Waals surface area contributed by atoms with Gasteiger partial charge < -0.3 is 14.3 Å². The van der Waals surface area contributed by atoms with Gasteiger partial charge in [-0.1, -0.05) is 11.6 Å². The number of aryl methyl sites for hydroxylation is 1. The monoisotopic (exact) mass is 498 g/mol. The number of aldehydes is 1. The summed E-state index contributed by atoms with van der Waals surface area (Å²) in [6.45, 7) is 5.41. The zero-order valence-electron chi connectivity index (χ0n) is 18.0. The molecule has 0 saturated carbocycles. The Morgan fingerprint density at radius 1 is 1.24 bits per heavy atom. The molecule has 1 aromatic carbocycles. The first-order valence-electron chi connectivity index (χ1n) is 10.3. The average Bonchev–Trinajstić information content (AvgIpc) is 3.11. The van der Waals surface area contributed by atoms with Crippen molar-refractivity contribution in [3.05, 3.63) is 46.6 Å². The molecular formula is C22H22ClF3N4O2S. The predicted octanol–water partition coefficient (Wildman–Crippen LogP) is 5.72. The molecule has 33 heavy (non-hydrogen) atoms. The van der Waals surface area contributed by atoms with Crippen molar-refractivity contribution in [2.75, 3.05) is 13.1 Å². The third kappa shape index (κ3) is 5.67. The second-order valence-corrected chi connectivity index (χ2v) is 8.51. The van der Waals surface area contributed by atoms with Gasteiger partial charge in [0, 0.05) is 37.8 Å². The smallest absolute Gasteiger partial charge is 0.339 e. The van der Waals surface area contributed by atoms with Crippen LogP contribution in [0.1, 0.15) is 42.6 Å². The number of imidazole rings is 1. The number of fused-ring (bicyclic) bond motifs is 1. The van der Waals surface area contributed by atoms with Gasteiger partial charge in [0.05, 0.1) is 21.6 Å². The van der Waals surface area contributed by atoms with Gasteiger partial charge in [-0.15, -0.1) is 0 Å². The quantitative estimate of drug-likeness (QED) is 0.279. The number of hydrogen-bond donors (Lipinski definition) is 0. The summed E-state index contributed by atoms with van der Waals surface area (Å²) < 4.78 is 40.7. The normalized spacial score (nSPS) is 11.7. The van der Waals surface area contributed by atoms with Gasteiger partial charge in [-0.3, -0.25) is 4.79 Å². The number of pyridine rings is 1. The van der Waals surface area contributed by atoms with E-state index >= 15 is 0 Å². The Morgan fingerprint density at radius 2 is 1.97 bits per heavy atom. The first-order chi connectivity index (χ1) is 15.7. The van der Waals surface area contributed by atoms with E-state index in [1.807, 2.05) is 18.4 Å². The van der Waals surface area contributed by atoms with Crippen LogP contribution < -0.4 is 0 Å². The Morgan fingerprint density at radius 3 is 2.58 bits per heavy atom. The van der Waals surface area contributed by atoms with Crippen molar-refractivity contribution >= 4 is 46.6 Å². The molecule has 2 aromatic heterocycles. The van der Waals surface area contributed by atoms with E-state index in [0.717, 1.165) is 35.8 Å². The SMILES string of the molecule is CCN(CC)C(=O)c1ccc2c(c1)nc(Sc1ncc(C(F)(F)F)cc1Cl)n2CCCC=O. The Balaban J connectivity index is 2.01. The van der Waals surface area contributed by atoms with Crippen LogP contribution in [0.2, 0.25) is 5.02 Å². The maximum Gasteiger partial charge on any atom is 0.417 e. The summed E-state index contributed by atoms with van der Waals surface area (Å²) in [5.74, 6) is -0.112. The minimum atomic E-state index is -4.55. The molecule has 0 N–H and O–H groups in total. The molecule has 0 aliphatic heterocycles. The van der Waals surface area contributed by atoms with Gasteiger partial charge in [0.15, 0.2) is 5.16 Å². The first kappa shape index (κ1) is 25.0. The lowest BCUT2D eigenvalue weighted by Crippen LogP contribution is -2.30. The third-order valence-electron chi connectivity index (χ3n) is 5.04. The maximum atomic E-state index is 12.9. The summed E-state index contributed by atoms with van der Waals surface area (Å²) >= 11 is 7.11. The fourth-order valence-corrected chi connectivity index (χ4v) is 4.46. The van der Waals surface area contributed by atoms with Crippen LogP contribution in [-0.2, 0) is 17.5 Å². The zero-order valence-corrected chi connectivity index (χ0v) is 19.6. The molecule has 2 heterocycles. The van der Waals surface area contributed by atoms with Crippen molar-refractivity contribution in [1.82, 2.24) is 19.4 Å². The van der Waals surface area contributed by atoms with Gasteiger partial charge in [-0.05, 0) is 56.3 Å². The van der Waals surface area contributed by atoms with Gasteiger partial charge in [-0.25, -0.2) is 9.97 Å². The summed E-state index contributed by atoms with van der Waals surface area (Å²) in [7, 11) is 0. The van der Waals surface area contributed by atoms with E-state index in [-0.39, 0.29) is 16.0 Å². The van der Waals surface area contributed by atoms with Crippen molar-refractivity contribution in [1.29, 1.82) is 0 Å². The molecule has 0 bridgehead atoms. The molecule has 0 unspecified atom stereocenters. The van der Waals surface area contributed by atoms with Crippen molar-refractivity contribution in [3.8, 4) is 0 Å². The Kier molecular flexibility index (Phi) is 8.01. The number of halogens is 4. The molecule has 6 nitrogen and oxygen atoms in total. The van der Waals surface area contributed by atoms with Crippen molar-refractivity contribution in [3.63, 3.8) is 0 Å². The third-order valence-corrected chi connectivity index (χ3v) is 6.45. The van der Waals surface area contributed by atoms with E-state index < -0.39 is 11.7 Å². The molecule has 0 spiro atoms. The number of carbonyl (C=O) groups is 2. The number of benzene rings is 1. The van der Waals surface area contributed by atoms with Gasteiger partial charge in [0.2, 0.25) is 0 Å². The largest absolute Gasteiger partial charge is 0.417 e. The van der Waals surface area contributed by atoms with E-state index in [1.165, 1.54) is 0 Å². The Bertz CT molecular complexity index is 1160. The molecule has 176 valence electrons. The van der Waals surface area contributed by atoms with Crippen molar-refractivity contribution < 1.29 is 22.8 Å². The van der Waals surface area contributed by atoms with Crippen LogP contribution in [-0.4, -0.2) is 44.7 Å². The van der Waals surface area contributed by atoms with Gasteiger partial charge in [0.1, 0.15) is 11.3 Å². The first-order valence-corrected chi connectivity index (χ1v) is 11.5. The van der Waals surface area contributed by atoms with E-state index in [4.69, 9.17) is 11.6 Å². The molecule has 0 aliphatic carbocycles. The van der Waals surface area contributed by atoms with Crippen LogP contribution in [0.25, 0.3) is 11.0 Å². The van der Waals surface area contributed by atoms with Crippen LogP contribution >= 0.6 is 23.4 Å². The van der Waals surface area contributed by atoms with Crippen molar-refractivity contribution in [2.24, 2.45) is 0 Å². The van der Waals surface area contributed by atoms with Crippen LogP contribution in [0.4, 0.5) is 13.2 Å². The fourth-order valence-electron chi connectivity index (χ4n) is 3.30. The number of nitrogens with zero attached hydrogens (tertiary/aromatic N) is 4. The number of hydrogen-bond acceptors (Lipinski definition) is 5. The summed E-state index contributed by atoms with van der Waals surface area (Å²) in [6, 6.07) is 6.03. The highest BCUT2D eigenvalue weighted by atomic mass is 35.5. The Labute approximate surface area is 198 Å². The molecule has 0 atom stereocenters. The number of aromatic nitrogens is 3. The van der Waals surface area contributed by atoms with E-state index in [0.29, 0.717) is 48.7 Å². The van der Waals surface area contributed by atoms with E-state index in [9.17, 15) is 22.8 Å². The molecule has 3 aromatic rings. The molecule has 1 amide bonds. The van der Waals surface area contributed by atoms with Gasteiger partial charge >= 0.3 is 6.18 Å².